The van der Waals surface area contributed by atoms with Crippen molar-refractivity contribution in [3.05, 3.63) is 36.4 Å². The van der Waals surface area contributed by atoms with Crippen molar-refractivity contribution in [3.8, 4) is 17.4 Å². The molecule has 3 amide bonds. The van der Waals surface area contributed by atoms with Crippen LogP contribution in [0.15, 0.2) is 30.9 Å². The van der Waals surface area contributed by atoms with Gasteiger partial charge in [0.2, 0.25) is 21.8 Å². The lowest BCUT2D eigenvalue weighted by Crippen LogP contribution is -2.58. The third-order valence-corrected chi connectivity index (χ3v) is 11.9. The number of nitrogens with zero attached hydrogens (tertiary/aromatic N) is 2. The Morgan fingerprint density at radius 2 is 1.92 bits per heavy atom. The van der Waals surface area contributed by atoms with Crippen molar-refractivity contribution in [3.63, 3.8) is 0 Å². The maximum atomic E-state index is 14.0. The van der Waals surface area contributed by atoms with E-state index in [0.29, 0.717) is 47.7 Å². The third-order valence-electron chi connectivity index (χ3n) is 9.71. The summed E-state index contributed by atoms with van der Waals surface area (Å²) in [5, 5.41) is 14.4. The fourth-order valence-electron chi connectivity index (χ4n) is 6.10. The van der Waals surface area contributed by atoms with E-state index in [1.54, 1.807) is 46.9 Å². The standard InChI is InChI=1S/C34H46N4O9S/c1-9-20-17-34(20,31(42)37-48(43,44)33(7)13-14-33)36-29(40)23-15-21(18-38(23)30(41)28(39)32(4,5)6)47-25-16-26(46-10-2)35-27-19(3)24(45-8)12-11-22(25)27/h9,11-12,16,20-21,23,28,39H,1,10,13-15,17-18H2,2-8H3,(H,36,40)(H,37,42)/t20-,21-,23+,28-,34-/m1/s1. The van der Waals surface area contributed by atoms with Gasteiger partial charge in [-0.2, -0.15) is 0 Å². The summed E-state index contributed by atoms with van der Waals surface area (Å²) in [6, 6.07) is 4.13. The number of rotatable bonds is 12. The monoisotopic (exact) mass is 686 g/mol. The van der Waals surface area contributed by atoms with Crippen LogP contribution in [0.3, 0.4) is 0 Å². The van der Waals surface area contributed by atoms with E-state index in [4.69, 9.17) is 14.2 Å². The van der Waals surface area contributed by atoms with Gasteiger partial charge in [-0.1, -0.05) is 26.8 Å². The van der Waals surface area contributed by atoms with Gasteiger partial charge in [-0.05, 0) is 57.6 Å². The number of hydrogen-bond donors (Lipinski definition) is 3. The zero-order chi connectivity index (χ0) is 35.4. The molecule has 262 valence electrons. The minimum atomic E-state index is -3.97. The number of pyridine rings is 1. The zero-order valence-electron chi connectivity index (χ0n) is 28.6. The van der Waals surface area contributed by atoms with Crippen LogP contribution >= 0.6 is 0 Å². The molecular weight excluding hydrogens is 640 g/mol. The Hall–Kier alpha value is -3.91. The average molecular weight is 687 g/mol. The van der Waals surface area contributed by atoms with Crippen LogP contribution in [0.1, 0.15) is 65.9 Å². The summed E-state index contributed by atoms with van der Waals surface area (Å²) in [6.07, 6.45) is 0.414. The smallest absolute Gasteiger partial charge is 0.259 e. The van der Waals surface area contributed by atoms with Gasteiger partial charge in [0, 0.05) is 29.4 Å². The van der Waals surface area contributed by atoms with Gasteiger partial charge in [-0.25, -0.2) is 13.4 Å². The Morgan fingerprint density at radius 3 is 2.48 bits per heavy atom. The van der Waals surface area contributed by atoms with E-state index in [2.05, 4.69) is 21.6 Å². The number of fused-ring (bicyclic) bond motifs is 1. The number of aromatic nitrogens is 1. The quantitative estimate of drug-likeness (QED) is 0.282. The number of aliphatic hydroxyl groups excluding tert-OH is 1. The molecule has 1 aliphatic heterocycles. The van der Waals surface area contributed by atoms with Crippen molar-refractivity contribution in [2.45, 2.75) is 95.8 Å². The summed E-state index contributed by atoms with van der Waals surface area (Å²) < 4.78 is 44.6. The van der Waals surface area contributed by atoms with Crippen LogP contribution in [0.25, 0.3) is 10.9 Å². The van der Waals surface area contributed by atoms with Crippen molar-refractivity contribution in [2.75, 3.05) is 20.3 Å². The molecule has 48 heavy (non-hydrogen) atoms. The molecule has 1 aromatic heterocycles. The number of aliphatic hydroxyl groups is 1. The fraction of sp³-hybridized carbons (Fsp3) is 0.588. The van der Waals surface area contributed by atoms with Crippen LogP contribution in [0, 0.1) is 18.3 Å². The van der Waals surface area contributed by atoms with Crippen molar-refractivity contribution >= 4 is 38.6 Å². The van der Waals surface area contributed by atoms with E-state index < -0.39 is 67.6 Å². The van der Waals surface area contributed by atoms with Crippen molar-refractivity contribution < 1.29 is 42.1 Å². The molecule has 3 aliphatic rings. The number of ether oxygens (including phenoxy) is 3. The third kappa shape index (κ3) is 6.43. The summed E-state index contributed by atoms with van der Waals surface area (Å²) in [7, 11) is -2.40. The highest BCUT2D eigenvalue weighted by Gasteiger charge is 2.63. The van der Waals surface area contributed by atoms with Crippen molar-refractivity contribution in [1.29, 1.82) is 0 Å². The van der Waals surface area contributed by atoms with Gasteiger partial charge in [0.05, 0.1) is 30.5 Å². The number of carbonyl (C=O) groups is 3. The molecule has 3 fully saturated rings. The van der Waals surface area contributed by atoms with Crippen LogP contribution in [0.5, 0.6) is 17.4 Å². The lowest BCUT2D eigenvalue weighted by atomic mass is 9.88. The average Bonchev–Trinajstić information content (AvgIpc) is 3.91. The molecule has 13 nitrogen and oxygen atoms in total. The maximum absolute atomic E-state index is 14.0. The molecule has 0 unspecified atom stereocenters. The first-order valence-electron chi connectivity index (χ1n) is 16.2. The molecule has 0 bridgehead atoms. The molecule has 1 aromatic carbocycles. The molecule has 2 aromatic rings. The van der Waals surface area contributed by atoms with E-state index in [-0.39, 0.29) is 19.4 Å². The van der Waals surface area contributed by atoms with Crippen LogP contribution in [-0.4, -0.2) is 89.9 Å². The van der Waals surface area contributed by atoms with Gasteiger partial charge in [0.1, 0.15) is 35.3 Å². The Balaban J connectivity index is 1.45. The van der Waals surface area contributed by atoms with Gasteiger partial charge in [0.15, 0.2) is 0 Å². The lowest BCUT2D eigenvalue weighted by Gasteiger charge is -2.32. The number of methoxy groups -OCH3 is 1. The first-order valence-corrected chi connectivity index (χ1v) is 17.7. The molecule has 0 radical (unpaired) electrons. The molecule has 2 saturated carbocycles. The summed E-state index contributed by atoms with van der Waals surface area (Å²) >= 11 is 0. The molecule has 5 atom stereocenters. The highest BCUT2D eigenvalue weighted by molar-refractivity contribution is 7.91. The molecule has 0 spiro atoms. The van der Waals surface area contributed by atoms with Gasteiger partial charge in [-0.3, -0.25) is 19.1 Å². The fourth-order valence-corrected chi connectivity index (χ4v) is 7.41. The number of hydrogen-bond acceptors (Lipinski definition) is 10. The molecule has 14 heteroatoms. The minimum Gasteiger partial charge on any atom is -0.496 e. The van der Waals surface area contributed by atoms with Gasteiger partial charge in [-0.15, -0.1) is 6.58 Å². The van der Waals surface area contributed by atoms with E-state index in [9.17, 15) is 27.9 Å². The molecule has 2 heterocycles. The number of aryl methyl sites for hydroxylation is 1. The first kappa shape index (κ1) is 35.4. The predicted molar refractivity (Wildman–Crippen MR) is 178 cm³/mol. The van der Waals surface area contributed by atoms with Crippen LogP contribution in [0.2, 0.25) is 0 Å². The summed E-state index contributed by atoms with van der Waals surface area (Å²) in [5.41, 5.74) is -0.999. The zero-order valence-corrected chi connectivity index (χ0v) is 29.4. The lowest BCUT2D eigenvalue weighted by molar-refractivity contribution is -0.150. The number of benzene rings is 1. The number of sulfonamides is 1. The van der Waals surface area contributed by atoms with Crippen LogP contribution in [0.4, 0.5) is 0 Å². The largest absolute Gasteiger partial charge is 0.496 e. The highest BCUT2D eigenvalue weighted by Crippen LogP contribution is 2.47. The van der Waals surface area contributed by atoms with E-state index >= 15 is 0 Å². The Kier molecular flexibility index (Phi) is 9.23. The van der Waals surface area contributed by atoms with Gasteiger partial charge in [0.25, 0.3) is 11.8 Å². The maximum Gasteiger partial charge on any atom is 0.259 e. The van der Waals surface area contributed by atoms with E-state index in [0.717, 1.165) is 5.56 Å². The normalized spacial score (nSPS) is 25.2. The molecular formula is C34H46N4O9S. The van der Waals surface area contributed by atoms with Gasteiger partial charge < -0.3 is 29.5 Å². The Labute approximate surface area is 281 Å². The molecule has 1 saturated heterocycles. The second-order valence-electron chi connectivity index (χ2n) is 14.3. The number of amides is 3. The first-order chi connectivity index (χ1) is 22.4. The number of carbonyl (C=O) groups excluding carboxylic acids is 3. The highest BCUT2D eigenvalue weighted by atomic mass is 32.2. The van der Waals surface area contributed by atoms with Crippen molar-refractivity contribution in [2.24, 2.45) is 11.3 Å². The summed E-state index contributed by atoms with van der Waals surface area (Å²) in [5.74, 6) is -1.30. The predicted octanol–water partition coefficient (Wildman–Crippen LogP) is 2.77. The topological polar surface area (TPSA) is 173 Å². The van der Waals surface area contributed by atoms with E-state index in [1.165, 1.54) is 11.0 Å². The van der Waals surface area contributed by atoms with Crippen LogP contribution in [-0.2, 0) is 24.4 Å². The Morgan fingerprint density at radius 1 is 1.23 bits per heavy atom. The second kappa shape index (κ2) is 12.5. The molecule has 2 aliphatic carbocycles. The minimum absolute atomic E-state index is 0.0319. The summed E-state index contributed by atoms with van der Waals surface area (Å²) in [4.78, 5) is 47.1. The van der Waals surface area contributed by atoms with E-state index in [1.807, 2.05) is 19.9 Å². The summed E-state index contributed by atoms with van der Waals surface area (Å²) in [6.45, 7) is 14.5. The molecule has 3 N–H and O–H groups in total. The SMILES string of the molecule is C=C[C@@H]1C[C@]1(NC(=O)[C@@H]1C[C@@H](Oc2cc(OCC)nc3c(C)c(OC)ccc23)CN1C(=O)[C@@H](O)C(C)(C)C)C(=O)NS(=O)(=O)C1(C)CC1. The van der Waals surface area contributed by atoms with Crippen molar-refractivity contribution in [1.82, 2.24) is 19.9 Å². The van der Waals surface area contributed by atoms with Gasteiger partial charge >= 0.3 is 0 Å². The second-order valence-corrected chi connectivity index (χ2v) is 16.5. The van der Waals surface area contributed by atoms with Crippen LogP contribution < -0.4 is 24.2 Å². The number of nitrogens with one attached hydrogen (secondary N) is 2. The number of likely N-dealkylation sites (tertiary alicyclic amines) is 1. The Bertz CT molecular complexity index is 1750. The molecule has 5 rings (SSSR count).